The molecule has 6 heteroatoms. The van der Waals surface area contributed by atoms with E-state index in [0.717, 1.165) is 28.7 Å². The molecule has 1 aliphatic carbocycles. The molecule has 1 aromatic rings. The minimum atomic E-state index is 0.121. The Kier molecular flexibility index (Phi) is 5.10. The monoisotopic (exact) mass is 299 g/mol. The summed E-state index contributed by atoms with van der Waals surface area (Å²) in [7, 11) is 0. The van der Waals surface area contributed by atoms with Crippen molar-refractivity contribution < 1.29 is 4.79 Å². The van der Waals surface area contributed by atoms with Gasteiger partial charge in [0.2, 0.25) is 5.91 Å². The molecule has 1 saturated carbocycles. The minimum Gasteiger partial charge on any atom is -0.375 e. The van der Waals surface area contributed by atoms with Crippen molar-refractivity contribution >= 4 is 34.1 Å². The quantitative estimate of drug-likeness (QED) is 0.839. The summed E-state index contributed by atoms with van der Waals surface area (Å²) in [5, 5.41) is 3.70. The first-order valence-electron chi connectivity index (χ1n) is 6.69. The van der Waals surface area contributed by atoms with E-state index in [9.17, 15) is 4.79 Å². The van der Waals surface area contributed by atoms with E-state index in [-0.39, 0.29) is 5.91 Å². The zero-order valence-corrected chi connectivity index (χ0v) is 13.1. The number of aromatic nitrogens is 1. The van der Waals surface area contributed by atoms with Crippen LogP contribution in [-0.2, 0) is 4.79 Å². The summed E-state index contributed by atoms with van der Waals surface area (Å²) in [6.45, 7) is 4.21. The summed E-state index contributed by atoms with van der Waals surface area (Å²) < 4.78 is 1.05. The van der Waals surface area contributed by atoms with Gasteiger partial charge in [0.1, 0.15) is 0 Å². The highest BCUT2D eigenvalue weighted by Crippen LogP contribution is 2.30. The Hall–Kier alpha value is -0.750. The van der Waals surface area contributed by atoms with Gasteiger partial charge in [-0.25, -0.2) is 4.98 Å². The fourth-order valence-electron chi connectivity index (χ4n) is 2.34. The Labute approximate surface area is 122 Å². The highest BCUT2D eigenvalue weighted by atomic mass is 32.2. The average Bonchev–Trinajstić information content (AvgIpc) is 2.68. The molecule has 0 spiro atoms. The standard InChI is InChI=1S/C13H21N3OS2/c1-8-3-5-10(6-4-8)16-11(17)7-18-12-9(2)15-13(14)19-12/h8,10H,3-7H2,1-2H3,(H2,14,15)(H,16,17). The second-order valence-corrected chi connectivity index (χ2v) is 7.51. The third-order valence-corrected chi connectivity index (χ3v) is 5.83. The first-order chi connectivity index (χ1) is 9.04. The molecule has 2 rings (SSSR count). The molecule has 0 aromatic carbocycles. The van der Waals surface area contributed by atoms with Gasteiger partial charge in [0.05, 0.1) is 15.7 Å². The minimum absolute atomic E-state index is 0.121. The van der Waals surface area contributed by atoms with Gasteiger partial charge in [0, 0.05) is 6.04 Å². The molecule has 0 unspecified atom stereocenters. The predicted molar refractivity (Wildman–Crippen MR) is 81.6 cm³/mol. The number of rotatable bonds is 4. The number of anilines is 1. The van der Waals surface area contributed by atoms with Crippen LogP contribution in [0.15, 0.2) is 4.21 Å². The summed E-state index contributed by atoms with van der Waals surface area (Å²) in [5.41, 5.74) is 6.56. The van der Waals surface area contributed by atoms with Crippen LogP contribution in [0, 0.1) is 12.8 Å². The molecule has 3 N–H and O–H groups in total. The summed E-state index contributed by atoms with van der Waals surface area (Å²) in [6.07, 6.45) is 4.68. The third kappa shape index (κ3) is 4.38. The molecule has 0 aliphatic heterocycles. The van der Waals surface area contributed by atoms with Crippen LogP contribution in [-0.4, -0.2) is 22.7 Å². The van der Waals surface area contributed by atoms with E-state index in [1.54, 1.807) is 0 Å². The van der Waals surface area contributed by atoms with Gasteiger partial charge in [-0.2, -0.15) is 0 Å². The van der Waals surface area contributed by atoms with E-state index in [1.807, 2.05) is 6.92 Å². The first-order valence-corrected chi connectivity index (χ1v) is 8.50. The number of hydrogen-bond acceptors (Lipinski definition) is 5. The van der Waals surface area contributed by atoms with E-state index >= 15 is 0 Å². The lowest BCUT2D eigenvalue weighted by Crippen LogP contribution is -2.38. The van der Waals surface area contributed by atoms with Gasteiger partial charge in [-0.1, -0.05) is 18.3 Å². The molecule has 19 heavy (non-hydrogen) atoms. The number of thiazole rings is 1. The molecular formula is C13H21N3OS2. The van der Waals surface area contributed by atoms with Crippen molar-refractivity contribution in [2.24, 2.45) is 5.92 Å². The fraction of sp³-hybridized carbons (Fsp3) is 0.692. The SMILES string of the molecule is Cc1nc(N)sc1SCC(=O)NC1CCC(C)CC1. The van der Waals surface area contributed by atoms with Crippen molar-refractivity contribution in [3.05, 3.63) is 5.69 Å². The zero-order chi connectivity index (χ0) is 13.8. The van der Waals surface area contributed by atoms with Crippen LogP contribution in [0.3, 0.4) is 0 Å². The molecule has 1 amide bonds. The number of amides is 1. The van der Waals surface area contributed by atoms with Gasteiger partial charge in [-0.05, 0) is 38.5 Å². The topological polar surface area (TPSA) is 68.0 Å². The second kappa shape index (κ2) is 6.61. The van der Waals surface area contributed by atoms with Crippen molar-refractivity contribution in [3.63, 3.8) is 0 Å². The molecule has 0 atom stereocenters. The van der Waals surface area contributed by atoms with Crippen LogP contribution in [0.1, 0.15) is 38.3 Å². The summed E-state index contributed by atoms with van der Waals surface area (Å²) in [5.74, 6) is 1.38. The number of aryl methyl sites for hydroxylation is 1. The number of carbonyl (C=O) groups is 1. The molecule has 0 saturated heterocycles. The van der Waals surface area contributed by atoms with Crippen molar-refractivity contribution in [1.29, 1.82) is 0 Å². The Bertz CT molecular complexity index is 439. The van der Waals surface area contributed by atoms with Gasteiger partial charge in [-0.3, -0.25) is 4.79 Å². The van der Waals surface area contributed by atoms with E-state index < -0.39 is 0 Å². The van der Waals surface area contributed by atoms with Crippen LogP contribution in [0.25, 0.3) is 0 Å². The van der Waals surface area contributed by atoms with Crippen molar-refractivity contribution in [1.82, 2.24) is 10.3 Å². The Morgan fingerprint density at radius 2 is 2.16 bits per heavy atom. The maximum absolute atomic E-state index is 11.9. The van der Waals surface area contributed by atoms with Crippen molar-refractivity contribution in [2.45, 2.75) is 49.8 Å². The normalized spacial score (nSPS) is 23.3. The van der Waals surface area contributed by atoms with Gasteiger partial charge < -0.3 is 11.1 Å². The zero-order valence-electron chi connectivity index (χ0n) is 11.4. The van der Waals surface area contributed by atoms with Gasteiger partial charge in [0.25, 0.3) is 0 Å². The van der Waals surface area contributed by atoms with E-state index in [4.69, 9.17) is 5.73 Å². The van der Waals surface area contributed by atoms with Crippen LogP contribution < -0.4 is 11.1 Å². The van der Waals surface area contributed by atoms with Gasteiger partial charge in [-0.15, -0.1) is 11.8 Å². The number of nitrogens with one attached hydrogen (secondary N) is 1. The van der Waals surface area contributed by atoms with Crippen molar-refractivity contribution in [2.75, 3.05) is 11.5 Å². The number of carbonyl (C=O) groups excluding carboxylic acids is 1. The van der Waals surface area contributed by atoms with Crippen molar-refractivity contribution in [3.8, 4) is 0 Å². The van der Waals surface area contributed by atoms with E-state index in [2.05, 4.69) is 17.2 Å². The Balaban J connectivity index is 1.74. The number of nitrogens with two attached hydrogens (primary N) is 1. The molecule has 1 heterocycles. The Morgan fingerprint density at radius 3 is 2.74 bits per heavy atom. The number of thioether (sulfide) groups is 1. The number of hydrogen-bond donors (Lipinski definition) is 2. The highest BCUT2D eigenvalue weighted by Gasteiger charge is 2.19. The summed E-state index contributed by atoms with van der Waals surface area (Å²) >= 11 is 2.98. The van der Waals surface area contributed by atoms with Crippen LogP contribution in [0.2, 0.25) is 0 Å². The largest absolute Gasteiger partial charge is 0.375 e. The second-order valence-electron chi connectivity index (χ2n) is 5.24. The summed E-state index contributed by atoms with van der Waals surface area (Å²) in [4.78, 5) is 16.1. The maximum Gasteiger partial charge on any atom is 0.230 e. The average molecular weight is 299 g/mol. The lowest BCUT2D eigenvalue weighted by Gasteiger charge is -2.26. The molecule has 1 aliphatic rings. The highest BCUT2D eigenvalue weighted by molar-refractivity contribution is 8.01. The summed E-state index contributed by atoms with van der Waals surface area (Å²) in [6, 6.07) is 0.372. The molecule has 1 fully saturated rings. The van der Waals surface area contributed by atoms with Crippen LogP contribution in [0.5, 0.6) is 0 Å². The maximum atomic E-state index is 11.9. The molecule has 0 bridgehead atoms. The molecule has 106 valence electrons. The van der Waals surface area contributed by atoms with Gasteiger partial charge >= 0.3 is 0 Å². The molecule has 4 nitrogen and oxygen atoms in total. The van der Waals surface area contributed by atoms with Crippen LogP contribution >= 0.6 is 23.1 Å². The number of nitrogens with zero attached hydrogens (tertiary/aromatic N) is 1. The lowest BCUT2D eigenvalue weighted by molar-refractivity contribution is -0.119. The third-order valence-electron chi connectivity index (χ3n) is 3.49. The lowest BCUT2D eigenvalue weighted by atomic mass is 9.87. The van der Waals surface area contributed by atoms with Gasteiger partial charge in [0.15, 0.2) is 5.13 Å². The van der Waals surface area contributed by atoms with E-state index in [0.29, 0.717) is 16.9 Å². The predicted octanol–water partition coefficient (Wildman–Crippen LogP) is 2.82. The first kappa shape index (κ1) is 14.7. The smallest absolute Gasteiger partial charge is 0.230 e. The molecule has 0 radical (unpaired) electrons. The molecule has 1 aromatic heterocycles. The molecular weight excluding hydrogens is 278 g/mol. The Morgan fingerprint density at radius 1 is 1.47 bits per heavy atom. The van der Waals surface area contributed by atoms with E-state index in [1.165, 1.54) is 35.9 Å². The van der Waals surface area contributed by atoms with Crippen LogP contribution in [0.4, 0.5) is 5.13 Å². The fourth-order valence-corrected chi connectivity index (χ4v) is 4.18. The number of nitrogen functional groups attached to an aromatic ring is 1.